The van der Waals surface area contributed by atoms with E-state index in [4.69, 9.17) is 4.74 Å². The van der Waals surface area contributed by atoms with Crippen LogP contribution >= 0.6 is 0 Å². The van der Waals surface area contributed by atoms with E-state index in [0.29, 0.717) is 0 Å². The summed E-state index contributed by atoms with van der Waals surface area (Å²) in [4.78, 5) is 33.8. The Hall–Kier alpha value is -3.67. The molecule has 0 fully saturated rings. The summed E-state index contributed by atoms with van der Waals surface area (Å²) in [6.07, 6.45) is 0.722. The van der Waals surface area contributed by atoms with Crippen LogP contribution < -0.4 is 5.32 Å². The average molecular weight is 430 g/mol. The van der Waals surface area contributed by atoms with Crippen molar-refractivity contribution in [2.24, 2.45) is 5.92 Å². The number of rotatable bonds is 7. The summed E-state index contributed by atoms with van der Waals surface area (Å²) in [5, 5.41) is 4.83. The number of carbonyl (C=O) groups excluding carboxylic acids is 2. The van der Waals surface area contributed by atoms with Crippen LogP contribution in [0.4, 0.5) is 0 Å². The molecule has 1 amide bonds. The molecule has 0 saturated heterocycles. The predicted octanol–water partition coefficient (Wildman–Crippen LogP) is 4.91. The topological polar surface area (TPSA) is 84.1 Å². The van der Waals surface area contributed by atoms with E-state index in [9.17, 15) is 9.59 Å². The number of aryl methyl sites for hydroxylation is 1. The van der Waals surface area contributed by atoms with Gasteiger partial charge in [-0.2, -0.15) is 0 Å². The van der Waals surface area contributed by atoms with Crippen molar-refractivity contribution >= 4 is 33.7 Å². The third-order valence-electron chi connectivity index (χ3n) is 5.89. The van der Waals surface area contributed by atoms with E-state index < -0.39 is 12.0 Å². The summed E-state index contributed by atoms with van der Waals surface area (Å²) in [5.74, 6) is -0.913. The highest BCUT2D eigenvalue weighted by Gasteiger charge is 2.28. The van der Waals surface area contributed by atoms with Crippen LogP contribution in [0, 0.1) is 12.8 Å². The SMILES string of the molecule is CC[C@H](C)[C@H](NC(=O)c1cc2c([nH]c3ccccc32)c(C)n1)C(=O)OCc1ccccc1. The number of para-hydroxylation sites is 1. The fourth-order valence-corrected chi connectivity index (χ4v) is 3.82. The number of esters is 1. The molecule has 0 spiro atoms. The molecule has 0 aliphatic carbocycles. The van der Waals surface area contributed by atoms with E-state index >= 15 is 0 Å². The van der Waals surface area contributed by atoms with Crippen molar-refractivity contribution in [3.05, 3.63) is 77.6 Å². The minimum absolute atomic E-state index is 0.0832. The first-order valence-electron chi connectivity index (χ1n) is 10.9. The Balaban J connectivity index is 1.57. The second-order valence-corrected chi connectivity index (χ2v) is 8.12. The van der Waals surface area contributed by atoms with E-state index in [1.54, 1.807) is 6.07 Å². The molecular weight excluding hydrogens is 402 g/mol. The number of nitrogens with one attached hydrogen (secondary N) is 2. The fourth-order valence-electron chi connectivity index (χ4n) is 3.82. The van der Waals surface area contributed by atoms with Gasteiger partial charge in [-0.1, -0.05) is 68.8 Å². The molecule has 0 aliphatic rings. The molecule has 2 N–H and O–H groups in total. The first-order valence-corrected chi connectivity index (χ1v) is 10.9. The van der Waals surface area contributed by atoms with Crippen molar-refractivity contribution < 1.29 is 14.3 Å². The summed E-state index contributed by atoms with van der Waals surface area (Å²) in [6, 6.07) is 18.5. The van der Waals surface area contributed by atoms with Crippen molar-refractivity contribution in [2.45, 2.75) is 39.8 Å². The number of benzene rings is 2. The van der Waals surface area contributed by atoms with Crippen molar-refractivity contribution in [3.63, 3.8) is 0 Å². The summed E-state index contributed by atoms with van der Waals surface area (Å²) < 4.78 is 5.51. The summed E-state index contributed by atoms with van der Waals surface area (Å²) in [6.45, 7) is 5.95. The highest BCUT2D eigenvalue weighted by atomic mass is 16.5. The largest absolute Gasteiger partial charge is 0.459 e. The Morgan fingerprint density at radius 2 is 1.78 bits per heavy atom. The molecule has 6 nitrogen and oxygen atoms in total. The van der Waals surface area contributed by atoms with Gasteiger partial charge in [-0.3, -0.25) is 4.79 Å². The Kier molecular flexibility index (Phi) is 6.21. The predicted molar refractivity (Wildman–Crippen MR) is 125 cm³/mol. The van der Waals surface area contributed by atoms with Crippen molar-refractivity contribution in [1.82, 2.24) is 15.3 Å². The van der Waals surface area contributed by atoms with Gasteiger partial charge in [-0.15, -0.1) is 0 Å². The van der Waals surface area contributed by atoms with Crippen LogP contribution in [0.5, 0.6) is 0 Å². The monoisotopic (exact) mass is 429 g/mol. The van der Waals surface area contributed by atoms with Crippen LogP contribution in [-0.4, -0.2) is 27.9 Å². The van der Waals surface area contributed by atoms with Gasteiger partial charge in [-0.25, -0.2) is 9.78 Å². The number of hydrogen-bond acceptors (Lipinski definition) is 4. The molecule has 0 bridgehead atoms. The molecule has 4 aromatic rings. The molecule has 0 radical (unpaired) electrons. The van der Waals surface area contributed by atoms with Gasteiger partial charge in [0.05, 0.1) is 11.2 Å². The second kappa shape index (κ2) is 9.22. The quantitative estimate of drug-likeness (QED) is 0.409. The van der Waals surface area contributed by atoms with Crippen molar-refractivity contribution in [1.29, 1.82) is 0 Å². The number of aromatic amines is 1. The van der Waals surface area contributed by atoms with E-state index in [1.165, 1.54) is 0 Å². The minimum Gasteiger partial charge on any atom is -0.459 e. The number of carbonyl (C=O) groups is 2. The molecule has 6 heteroatoms. The van der Waals surface area contributed by atoms with Crippen LogP contribution in [0.2, 0.25) is 0 Å². The zero-order valence-corrected chi connectivity index (χ0v) is 18.5. The minimum atomic E-state index is -0.753. The van der Waals surface area contributed by atoms with Gasteiger partial charge >= 0.3 is 5.97 Å². The number of pyridine rings is 1. The van der Waals surface area contributed by atoms with Crippen molar-refractivity contribution in [3.8, 4) is 0 Å². The average Bonchev–Trinajstić information content (AvgIpc) is 3.20. The number of hydrogen-bond donors (Lipinski definition) is 2. The number of fused-ring (bicyclic) bond motifs is 3. The molecule has 2 aromatic carbocycles. The van der Waals surface area contributed by atoms with E-state index in [-0.39, 0.29) is 24.1 Å². The number of H-pyrrole nitrogens is 1. The van der Waals surface area contributed by atoms with Crippen molar-refractivity contribution in [2.75, 3.05) is 0 Å². The number of ether oxygens (including phenoxy) is 1. The van der Waals surface area contributed by atoms with Crippen LogP contribution in [0.15, 0.2) is 60.7 Å². The van der Waals surface area contributed by atoms with Crippen LogP contribution in [0.1, 0.15) is 42.0 Å². The van der Waals surface area contributed by atoms with Gasteiger partial charge in [0.25, 0.3) is 5.91 Å². The van der Waals surface area contributed by atoms with Crippen LogP contribution in [-0.2, 0) is 16.1 Å². The Morgan fingerprint density at radius 3 is 2.53 bits per heavy atom. The highest BCUT2D eigenvalue weighted by molar-refractivity contribution is 6.10. The van der Waals surface area contributed by atoms with E-state index in [0.717, 1.165) is 39.5 Å². The van der Waals surface area contributed by atoms with Gasteiger partial charge in [0.1, 0.15) is 18.3 Å². The Labute approximate surface area is 187 Å². The standard InChI is InChI=1S/C26H27N3O3/c1-4-16(2)23(26(31)32-15-18-10-6-5-7-11-18)29-25(30)22-14-20-19-12-8-9-13-21(19)28-24(20)17(3)27-22/h5-14,16,23,28H,4,15H2,1-3H3,(H,29,30)/t16-,23-/m0/s1. The van der Waals surface area contributed by atoms with Gasteiger partial charge in [0, 0.05) is 16.3 Å². The lowest BCUT2D eigenvalue weighted by molar-refractivity contribution is -0.148. The Bertz CT molecular complexity index is 1260. The lowest BCUT2D eigenvalue weighted by Gasteiger charge is -2.22. The molecule has 2 atom stereocenters. The second-order valence-electron chi connectivity index (χ2n) is 8.12. The van der Waals surface area contributed by atoms with Gasteiger partial charge in [-0.05, 0) is 30.5 Å². The third-order valence-corrected chi connectivity index (χ3v) is 5.89. The summed E-state index contributed by atoms with van der Waals surface area (Å²) in [7, 11) is 0. The molecule has 164 valence electrons. The summed E-state index contributed by atoms with van der Waals surface area (Å²) in [5.41, 5.74) is 3.81. The van der Waals surface area contributed by atoms with Crippen LogP contribution in [0.25, 0.3) is 21.8 Å². The van der Waals surface area contributed by atoms with Crippen LogP contribution in [0.3, 0.4) is 0 Å². The van der Waals surface area contributed by atoms with E-state index in [1.807, 2.05) is 75.4 Å². The van der Waals surface area contributed by atoms with Gasteiger partial charge in [0.2, 0.25) is 0 Å². The van der Waals surface area contributed by atoms with E-state index in [2.05, 4.69) is 15.3 Å². The molecule has 0 unspecified atom stereocenters. The zero-order valence-electron chi connectivity index (χ0n) is 18.5. The molecule has 2 heterocycles. The first kappa shape index (κ1) is 21.6. The third kappa shape index (κ3) is 4.35. The van der Waals surface area contributed by atoms with Gasteiger partial charge < -0.3 is 15.0 Å². The van der Waals surface area contributed by atoms with Gasteiger partial charge in [0.15, 0.2) is 0 Å². The maximum absolute atomic E-state index is 13.1. The number of amides is 1. The highest BCUT2D eigenvalue weighted by Crippen LogP contribution is 2.27. The maximum atomic E-state index is 13.1. The number of aromatic nitrogens is 2. The molecular formula is C26H27N3O3. The molecule has 2 aromatic heterocycles. The summed E-state index contributed by atoms with van der Waals surface area (Å²) >= 11 is 0. The normalized spacial score (nSPS) is 13.1. The molecule has 0 aliphatic heterocycles. The first-order chi connectivity index (χ1) is 15.5. The zero-order chi connectivity index (χ0) is 22.7. The number of nitrogens with zero attached hydrogens (tertiary/aromatic N) is 1. The smallest absolute Gasteiger partial charge is 0.329 e. The molecule has 0 saturated carbocycles. The lowest BCUT2D eigenvalue weighted by Crippen LogP contribution is -2.46. The molecule has 32 heavy (non-hydrogen) atoms. The fraction of sp³-hybridized carbons (Fsp3) is 0.269. The molecule has 4 rings (SSSR count). The lowest BCUT2D eigenvalue weighted by atomic mass is 9.99. The maximum Gasteiger partial charge on any atom is 0.329 e. The Morgan fingerprint density at radius 1 is 1.06 bits per heavy atom.